The van der Waals surface area contributed by atoms with Crippen LogP contribution in [0, 0.1) is 6.08 Å². The normalized spacial score (nSPS) is 10.5. The molecule has 1 rings (SSSR count). The summed E-state index contributed by atoms with van der Waals surface area (Å²) >= 11 is 0. The molecule has 0 saturated heterocycles. The smallest absolute Gasteiger partial charge is 0.308 e. The zero-order chi connectivity index (χ0) is 9.68. The first-order valence-corrected chi connectivity index (χ1v) is 3.61. The molecule has 0 aliphatic carbocycles. The van der Waals surface area contributed by atoms with Gasteiger partial charge in [0.15, 0.2) is 0 Å². The second kappa shape index (κ2) is 4.30. The van der Waals surface area contributed by atoms with E-state index in [-0.39, 0.29) is 6.42 Å². The fourth-order valence-corrected chi connectivity index (χ4v) is 0.719. The Labute approximate surface area is 74.3 Å². The first kappa shape index (κ1) is 9.31. The van der Waals surface area contributed by atoms with Gasteiger partial charge in [-0.1, -0.05) is 12.2 Å². The van der Waals surface area contributed by atoms with Crippen LogP contribution in [0.3, 0.4) is 0 Å². The quantitative estimate of drug-likeness (QED) is 0.690. The number of aromatic nitrogens is 2. The number of carbonyl (C=O) groups is 1. The van der Waals surface area contributed by atoms with Crippen molar-refractivity contribution in [2.24, 2.45) is 5.73 Å². The largest absolute Gasteiger partial charge is 0.369 e. The zero-order valence-corrected chi connectivity index (χ0v) is 6.77. The van der Waals surface area contributed by atoms with Crippen molar-refractivity contribution in [3.05, 3.63) is 30.1 Å². The molecule has 0 aromatic carbocycles. The molecule has 2 N–H and O–H groups in total. The Balaban J connectivity index is 2.59. The number of primary amides is 1. The molecule has 0 aliphatic heterocycles. The summed E-state index contributed by atoms with van der Waals surface area (Å²) in [5.74, 6) is -0.417. The van der Waals surface area contributed by atoms with Gasteiger partial charge in [-0.3, -0.25) is 4.79 Å². The van der Waals surface area contributed by atoms with Gasteiger partial charge >= 0.3 is 6.08 Å². The van der Waals surface area contributed by atoms with Gasteiger partial charge in [0.2, 0.25) is 5.91 Å². The third-order valence-electron chi connectivity index (χ3n) is 1.27. The van der Waals surface area contributed by atoms with Gasteiger partial charge in [0.25, 0.3) is 0 Å². The molecule has 1 aromatic rings. The van der Waals surface area contributed by atoms with Gasteiger partial charge < -0.3 is 5.73 Å². The minimum absolute atomic E-state index is 0.150. The van der Waals surface area contributed by atoms with Crippen LogP contribution in [0.1, 0.15) is 12.0 Å². The SMILES string of the molecule is NC(=O)CC=Cc1cnc(F)nc1. The maximum absolute atomic E-state index is 12.2. The number of amides is 1. The molecule has 0 aliphatic rings. The summed E-state index contributed by atoms with van der Waals surface area (Å²) in [7, 11) is 0. The van der Waals surface area contributed by atoms with Gasteiger partial charge in [-0.15, -0.1) is 0 Å². The van der Waals surface area contributed by atoms with E-state index in [1.54, 1.807) is 12.2 Å². The van der Waals surface area contributed by atoms with Crippen molar-refractivity contribution in [2.75, 3.05) is 0 Å². The first-order valence-electron chi connectivity index (χ1n) is 3.61. The van der Waals surface area contributed by atoms with Crippen LogP contribution >= 0.6 is 0 Å². The summed E-state index contributed by atoms with van der Waals surface area (Å²) in [6, 6.07) is 0. The average Bonchev–Trinajstić information content (AvgIpc) is 2.08. The summed E-state index contributed by atoms with van der Waals surface area (Å²) in [6.45, 7) is 0. The Morgan fingerprint density at radius 1 is 1.54 bits per heavy atom. The van der Waals surface area contributed by atoms with Gasteiger partial charge in [0, 0.05) is 24.4 Å². The van der Waals surface area contributed by atoms with E-state index in [1.807, 2.05) is 0 Å². The van der Waals surface area contributed by atoms with Crippen LogP contribution in [0.25, 0.3) is 6.08 Å². The number of rotatable bonds is 3. The summed E-state index contributed by atoms with van der Waals surface area (Å²) < 4.78 is 12.2. The minimum atomic E-state index is -0.771. The van der Waals surface area contributed by atoms with Gasteiger partial charge in [0.1, 0.15) is 0 Å². The summed E-state index contributed by atoms with van der Waals surface area (Å²) in [5.41, 5.74) is 5.53. The molecule has 13 heavy (non-hydrogen) atoms. The third kappa shape index (κ3) is 3.42. The second-order valence-corrected chi connectivity index (χ2v) is 2.36. The fourth-order valence-electron chi connectivity index (χ4n) is 0.719. The maximum atomic E-state index is 12.2. The maximum Gasteiger partial charge on any atom is 0.308 e. The van der Waals surface area contributed by atoms with Crippen molar-refractivity contribution in [1.82, 2.24) is 9.97 Å². The molecule has 1 aromatic heterocycles. The van der Waals surface area contributed by atoms with Crippen LogP contribution in [-0.2, 0) is 4.79 Å². The molecule has 0 unspecified atom stereocenters. The van der Waals surface area contributed by atoms with Gasteiger partial charge in [-0.25, -0.2) is 9.97 Å². The lowest BCUT2D eigenvalue weighted by molar-refractivity contribution is -0.117. The number of hydrogen-bond donors (Lipinski definition) is 1. The number of nitrogens with two attached hydrogens (primary N) is 1. The monoisotopic (exact) mass is 181 g/mol. The van der Waals surface area contributed by atoms with E-state index in [2.05, 4.69) is 9.97 Å². The molecule has 1 amide bonds. The summed E-state index contributed by atoms with van der Waals surface area (Å²) in [5, 5.41) is 0. The van der Waals surface area contributed by atoms with E-state index >= 15 is 0 Å². The molecule has 0 saturated carbocycles. The highest BCUT2D eigenvalue weighted by Gasteiger charge is 1.92. The van der Waals surface area contributed by atoms with Gasteiger partial charge in [0.05, 0.1) is 0 Å². The van der Waals surface area contributed by atoms with E-state index in [4.69, 9.17) is 5.73 Å². The highest BCUT2D eigenvalue weighted by Crippen LogP contribution is 1.98. The molecular formula is C8H8FN3O. The molecule has 0 radical (unpaired) electrons. The van der Waals surface area contributed by atoms with E-state index in [0.29, 0.717) is 5.56 Å². The predicted octanol–water partition coefficient (Wildman–Crippen LogP) is 0.504. The molecule has 0 spiro atoms. The Morgan fingerprint density at radius 3 is 2.69 bits per heavy atom. The van der Waals surface area contributed by atoms with Gasteiger partial charge in [-0.2, -0.15) is 4.39 Å². The Hall–Kier alpha value is -1.78. The molecular weight excluding hydrogens is 173 g/mol. The number of halogens is 1. The highest BCUT2D eigenvalue weighted by molar-refractivity contribution is 5.76. The lowest BCUT2D eigenvalue weighted by atomic mass is 10.3. The van der Waals surface area contributed by atoms with Crippen LogP contribution in [0.15, 0.2) is 18.5 Å². The van der Waals surface area contributed by atoms with Crippen LogP contribution in [0.5, 0.6) is 0 Å². The van der Waals surface area contributed by atoms with Crippen LogP contribution in [-0.4, -0.2) is 15.9 Å². The Bertz CT molecular complexity index is 321. The fraction of sp³-hybridized carbons (Fsp3) is 0.125. The molecule has 0 atom stereocenters. The van der Waals surface area contributed by atoms with Crippen molar-refractivity contribution >= 4 is 12.0 Å². The minimum Gasteiger partial charge on any atom is -0.369 e. The average molecular weight is 181 g/mol. The standard InChI is InChI=1S/C8H8FN3O/c9-8-11-4-6(5-12-8)2-1-3-7(10)13/h1-2,4-5H,3H2,(H2,10,13). The van der Waals surface area contributed by atoms with E-state index in [0.717, 1.165) is 0 Å². The molecule has 1 heterocycles. The molecule has 5 heteroatoms. The van der Waals surface area contributed by atoms with E-state index < -0.39 is 12.0 Å². The van der Waals surface area contributed by atoms with Gasteiger partial charge in [-0.05, 0) is 0 Å². The second-order valence-electron chi connectivity index (χ2n) is 2.36. The third-order valence-corrected chi connectivity index (χ3v) is 1.27. The van der Waals surface area contributed by atoms with Crippen molar-refractivity contribution in [2.45, 2.75) is 6.42 Å². The Morgan fingerprint density at radius 2 is 2.15 bits per heavy atom. The van der Waals surface area contributed by atoms with Crippen LogP contribution in [0.2, 0.25) is 0 Å². The lowest BCUT2D eigenvalue weighted by Gasteiger charge is -1.90. The van der Waals surface area contributed by atoms with E-state index in [1.165, 1.54) is 12.4 Å². The molecule has 4 nitrogen and oxygen atoms in total. The lowest BCUT2D eigenvalue weighted by Crippen LogP contribution is -2.07. The zero-order valence-electron chi connectivity index (χ0n) is 6.77. The van der Waals surface area contributed by atoms with E-state index in [9.17, 15) is 9.18 Å². The van der Waals surface area contributed by atoms with Crippen molar-refractivity contribution in [3.63, 3.8) is 0 Å². The predicted molar refractivity (Wildman–Crippen MR) is 44.8 cm³/mol. The highest BCUT2D eigenvalue weighted by atomic mass is 19.1. The molecule has 0 bridgehead atoms. The number of nitrogens with zero attached hydrogens (tertiary/aromatic N) is 2. The van der Waals surface area contributed by atoms with Crippen LogP contribution < -0.4 is 5.73 Å². The van der Waals surface area contributed by atoms with Crippen molar-refractivity contribution in [1.29, 1.82) is 0 Å². The molecule has 68 valence electrons. The Kier molecular flexibility index (Phi) is 3.08. The summed E-state index contributed by atoms with van der Waals surface area (Å²) in [6.07, 6.45) is 5.19. The first-order chi connectivity index (χ1) is 6.18. The van der Waals surface area contributed by atoms with Crippen LogP contribution in [0.4, 0.5) is 4.39 Å². The summed E-state index contributed by atoms with van der Waals surface area (Å²) in [4.78, 5) is 17.0. The number of hydrogen-bond acceptors (Lipinski definition) is 3. The van der Waals surface area contributed by atoms with Crippen molar-refractivity contribution in [3.8, 4) is 0 Å². The topological polar surface area (TPSA) is 68.9 Å². The van der Waals surface area contributed by atoms with Crippen molar-refractivity contribution < 1.29 is 9.18 Å². The number of carbonyl (C=O) groups excluding carboxylic acids is 1. The molecule has 0 fully saturated rings.